The van der Waals surface area contributed by atoms with Crippen molar-refractivity contribution in [3.8, 4) is 11.5 Å². The molecule has 0 unspecified atom stereocenters. The van der Waals surface area contributed by atoms with Crippen LogP contribution < -0.4 is 19.7 Å². The summed E-state index contributed by atoms with van der Waals surface area (Å²) in [5.41, 5.74) is 1.64. The summed E-state index contributed by atoms with van der Waals surface area (Å²) in [6.07, 6.45) is -0.656. The van der Waals surface area contributed by atoms with Crippen LogP contribution in [-0.4, -0.2) is 26.2 Å². The first-order chi connectivity index (χ1) is 12.0. The lowest BCUT2D eigenvalue weighted by Gasteiger charge is -2.37. The fourth-order valence-electron chi connectivity index (χ4n) is 2.93. The predicted octanol–water partition coefficient (Wildman–Crippen LogP) is 3.57. The molecule has 1 aliphatic rings. The highest BCUT2D eigenvalue weighted by atomic mass is 19.3. The minimum absolute atomic E-state index is 0.0733. The van der Waals surface area contributed by atoms with Crippen molar-refractivity contribution in [2.24, 2.45) is 0 Å². The molecule has 0 saturated carbocycles. The lowest BCUT2D eigenvalue weighted by atomic mass is 10.0. The molecule has 132 valence electrons. The summed E-state index contributed by atoms with van der Waals surface area (Å²) in [4.78, 5) is 14.2. The van der Waals surface area contributed by atoms with E-state index < -0.39 is 12.8 Å². The highest BCUT2D eigenvalue weighted by Gasteiger charge is 2.32. The molecule has 0 aliphatic carbocycles. The Bertz CT molecular complexity index is 783. The molecule has 0 spiro atoms. The molecule has 0 saturated heterocycles. The van der Waals surface area contributed by atoms with E-state index in [1.54, 1.807) is 55.3 Å². The number of anilines is 1. The number of hydrogen-bond donors (Lipinski definition) is 1. The molecule has 0 bridgehead atoms. The van der Waals surface area contributed by atoms with Crippen molar-refractivity contribution in [2.45, 2.75) is 19.7 Å². The number of fused-ring (bicyclic) bond motifs is 1. The third kappa shape index (κ3) is 3.22. The minimum Gasteiger partial charge on any atom is -0.490 e. The van der Waals surface area contributed by atoms with Gasteiger partial charge in [0, 0.05) is 12.6 Å². The second kappa shape index (κ2) is 6.96. The van der Waals surface area contributed by atoms with Gasteiger partial charge in [-0.15, -0.1) is 0 Å². The van der Waals surface area contributed by atoms with Crippen molar-refractivity contribution in [1.29, 1.82) is 0 Å². The van der Waals surface area contributed by atoms with Crippen molar-refractivity contribution in [2.75, 3.05) is 18.6 Å². The molecule has 3 rings (SSSR count). The summed E-state index contributed by atoms with van der Waals surface area (Å²) in [7, 11) is 1.78. The van der Waals surface area contributed by atoms with Gasteiger partial charge in [-0.25, -0.2) is 0 Å². The maximum Gasteiger partial charge on any atom is 0.387 e. The van der Waals surface area contributed by atoms with Crippen LogP contribution in [-0.2, 0) is 0 Å². The largest absolute Gasteiger partial charge is 0.490 e. The summed E-state index contributed by atoms with van der Waals surface area (Å²) in [6.45, 7) is -0.945. The number of benzene rings is 2. The lowest BCUT2D eigenvalue weighted by Crippen LogP contribution is -2.44. The number of halogens is 2. The van der Waals surface area contributed by atoms with E-state index in [0.29, 0.717) is 23.4 Å². The average Bonchev–Trinajstić information content (AvgIpc) is 2.60. The van der Waals surface area contributed by atoms with Crippen molar-refractivity contribution in [3.63, 3.8) is 0 Å². The Balaban J connectivity index is 2.07. The van der Waals surface area contributed by atoms with Crippen molar-refractivity contribution in [3.05, 3.63) is 53.6 Å². The third-order valence-electron chi connectivity index (χ3n) is 3.99. The van der Waals surface area contributed by atoms with Gasteiger partial charge in [-0.2, -0.15) is 8.78 Å². The number of alkyl halides is 2. The van der Waals surface area contributed by atoms with Gasteiger partial charge >= 0.3 is 6.61 Å². The summed E-state index contributed by atoms with van der Waals surface area (Å²) < 4.78 is 36.0. The van der Waals surface area contributed by atoms with Crippen LogP contribution >= 0.6 is 0 Å². The number of nitrogens with one attached hydrogen (secondary N) is 1. The third-order valence-corrected chi connectivity index (χ3v) is 3.99. The zero-order valence-electron chi connectivity index (χ0n) is 13.8. The van der Waals surface area contributed by atoms with E-state index in [4.69, 9.17) is 9.47 Å². The second-order valence-electron chi connectivity index (χ2n) is 5.49. The van der Waals surface area contributed by atoms with E-state index in [1.807, 2.05) is 6.07 Å². The zero-order valence-corrected chi connectivity index (χ0v) is 13.8. The summed E-state index contributed by atoms with van der Waals surface area (Å²) in [5.74, 6) is -0.138. The van der Waals surface area contributed by atoms with Gasteiger partial charge in [0.1, 0.15) is 6.17 Å². The van der Waals surface area contributed by atoms with Gasteiger partial charge in [0.05, 0.1) is 17.9 Å². The smallest absolute Gasteiger partial charge is 0.387 e. The topological polar surface area (TPSA) is 50.8 Å². The molecular formula is C18H18F2N2O3. The Hall–Kier alpha value is -2.83. The maximum atomic E-state index is 12.9. The van der Waals surface area contributed by atoms with Gasteiger partial charge in [0.15, 0.2) is 11.5 Å². The van der Waals surface area contributed by atoms with Gasteiger partial charge < -0.3 is 19.7 Å². The van der Waals surface area contributed by atoms with Crippen LogP contribution in [0.1, 0.15) is 29.0 Å². The number of hydrogen-bond acceptors (Lipinski definition) is 4. The van der Waals surface area contributed by atoms with Crippen LogP contribution in [0.4, 0.5) is 14.5 Å². The molecule has 7 heteroatoms. The SMILES string of the molecule is CCOc1cccc([C@H]2NC(=O)c3ccccc3N2C)c1OC(F)F. The van der Waals surface area contributed by atoms with Gasteiger partial charge in [0.25, 0.3) is 5.91 Å². The Labute approximate surface area is 144 Å². The Morgan fingerprint density at radius 3 is 2.68 bits per heavy atom. The van der Waals surface area contributed by atoms with E-state index in [-0.39, 0.29) is 17.4 Å². The first-order valence-corrected chi connectivity index (χ1v) is 7.86. The highest BCUT2D eigenvalue weighted by molar-refractivity contribution is 6.02. The van der Waals surface area contributed by atoms with Crippen LogP contribution in [0.15, 0.2) is 42.5 Å². The number of nitrogens with zero attached hydrogens (tertiary/aromatic N) is 1. The molecule has 0 radical (unpaired) electrons. The Morgan fingerprint density at radius 2 is 1.96 bits per heavy atom. The van der Waals surface area contributed by atoms with Crippen molar-refractivity contribution < 1.29 is 23.0 Å². The van der Waals surface area contributed by atoms with Gasteiger partial charge in [-0.05, 0) is 25.1 Å². The fraction of sp³-hybridized carbons (Fsp3) is 0.278. The predicted molar refractivity (Wildman–Crippen MR) is 89.3 cm³/mol. The molecule has 5 nitrogen and oxygen atoms in total. The first-order valence-electron chi connectivity index (χ1n) is 7.86. The van der Waals surface area contributed by atoms with E-state index in [1.165, 1.54) is 0 Å². The van der Waals surface area contributed by atoms with Crippen LogP contribution in [0.3, 0.4) is 0 Å². The summed E-state index contributed by atoms with van der Waals surface area (Å²) in [5, 5.41) is 2.83. The average molecular weight is 348 g/mol. The molecule has 1 heterocycles. The van der Waals surface area contributed by atoms with Crippen LogP contribution in [0.2, 0.25) is 0 Å². The maximum absolute atomic E-state index is 12.9. The van der Waals surface area contributed by atoms with E-state index in [2.05, 4.69) is 5.32 Å². The number of carbonyl (C=O) groups is 1. The highest BCUT2D eigenvalue weighted by Crippen LogP contribution is 2.40. The van der Waals surface area contributed by atoms with Crippen LogP contribution in [0.5, 0.6) is 11.5 Å². The number of rotatable bonds is 5. The molecule has 0 aromatic heterocycles. The monoisotopic (exact) mass is 348 g/mol. The standard InChI is InChI=1S/C18H18F2N2O3/c1-3-24-14-10-6-8-12(15(14)25-18(19)20)16-21-17(23)11-7-4-5-9-13(11)22(16)2/h4-10,16,18H,3H2,1-2H3,(H,21,23)/t16-/m0/s1. The molecule has 1 N–H and O–H groups in total. The Kier molecular flexibility index (Phi) is 4.74. The van der Waals surface area contributed by atoms with Gasteiger partial charge in [0.2, 0.25) is 0 Å². The molecule has 25 heavy (non-hydrogen) atoms. The van der Waals surface area contributed by atoms with Crippen molar-refractivity contribution in [1.82, 2.24) is 5.32 Å². The quantitative estimate of drug-likeness (QED) is 0.898. The zero-order chi connectivity index (χ0) is 18.0. The van der Waals surface area contributed by atoms with E-state index >= 15 is 0 Å². The molecule has 1 amide bonds. The van der Waals surface area contributed by atoms with E-state index in [9.17, 15) is 13.6 Å². The normalized spacial score (nSPS) is 16.4. The van der Waals surface area contributed by atoms with Crippen LogP contribution in [0.25, 0.3) is 0 Å². The molecule has 1 aliphatic heterocycles. The van der Waals surface area contributed by atoms with E-state index in [0.717, 1.165) is 0 Å². The van der Waals surface area contributed by atoms with Gasteiger partial charge in [-0.1, -0.05) is 24.3 Å². The molecule has 0 fully saturated rings. The molecule has 2 aromatic carbocycles. The number of carbonyl (C=O) groups excluding carboxylic acids is 1. The molecule has 1 atom stereocenters. The lowest BCUT2D eigenvalue weighted by molar-refractivity contribution is -0.0523. The molecule has 2 aromatic rings. The first kappa shape index (κ1) is 17.0. The second-order valence-corrected chi connectivity index (χ2v) is 5.49. The Morgan fingerprint density at radius 1 is 1.20 bits per heavy atom. The molecular weight excluding hydrogens is 330 g/mol. The minimum atomic E-state index is -3.00. The van der Waals surface area contributed by atoms with Gasteiger partial charge in [-0.3, -0.25) is 4.79 Å². The summed E-state index contributed by atoms with van der Waals surface area (Å²) in [6, 6.07) is 12.0. The van der Waals surface area contributed by atoms with Crippen LogP contribution in [0, 0.1) is 0 Å². The fourth-order valence-corrected chi connectivity index (χ4v) is 2.93. The number of amides is 1. The summed E-state index contributed by atoms with van der Waals surface area (Å²) >= 11 is 0. The number of para-hydroxylation sites is 2. The number of ether oxygens (including phenoxy) is 2. The van der Waals surface area contributed by atoms with Crippen molar-refractivity contribution >= 4 is 11.6 Å².